The van der Waals surface area contributed by atoms with Crippen molar-refractivity contribution in [2.45, 2.75) is 56.9 Å². The molecule has 1 aromatic heterocycles. The molecule has 1 aliphatic heterocycles. The van der Waals surface area contributed by atoms with Crippen molar-refractivity contribution < 1.29 is 9.67 Å². The van der Waals surface area contributed by atoms with Crippen molar-refractivity contribution in [1.29, 1.82) is 0 Å². The first-order valence-corrected chi connectivity index (χ1v) is 14.9. The smallest absolute Gasteiger partial charge is 0.157 e. The van der Waals surface area contributed by atoms with Crippen LogP contribution in [0.25, 0.3) is 0 Å². The number of nitrogens with zero attached hydrogens (tertiary/aromatic N) is 3. The molecule has 0 amide bonds. The molecule has 2 aromatic rings. The lowest BCUT2D eigenvalue weighted by molar-refractivity contribution is 0.462. The first-order chi connectivity index (χ1) is 16.4. The summed E-state index contributed by atoms with van der Waals surface area (Å²) in [5.74, 6) is 2.61. The number of allylic oxidation sites excluding steroid dienone is 3. The standard InChI is InChI=1S/C26H34N5O2P/c1-34(2,33)22-12-10-20(11-13-22)28-25-23-26(30-24(29-25)19-7-3-4-8-19)31(17-27-23)15-14-18-6-5-9-21(32)16-18/h5-6,9-12,16-17,19,22,24,30,32H,3-4,7-8,13-15H2,1-2H3,(H,28,29). The molecule has 2 unspecified atom stereocenters. The second kappa shape index (κ2) is 9.46. The van der Waals surface area contributed by atoms with Crippen molar-refractivity contribution in [3.05, 3.63) is 65.8 Å². The Morgan fingerprint density at radius 2 is 2.09 bits per heavy atom. The Morgan fingerprint density at radius 3 is 2.79 bits per heavy atom. The Kier molecular flexibility index (Phi) is 6.39. The van der Waals surface area contributed by atoms with E-state index in [1.165, 1.54) is 25.7 Å². The van der Waals surface area contributed by atoms with E-state index in [4.69, 9.17) is 9.98 Å². The maximum atomic E-state index is 12.4. The van der Waals surface area contributed by atoms with Gasteiger partial charge >= 0.3 is 0 Å². The third kappa shape index (κ3) is 5.00. The third-order valence-corrected chi connectivity index (χ3v) is 9.13. The van der Waals surface area contributed by atoms with E-state index < -0.39 is 7.14 Å². The number of imidazole rings is 1. The van der Waals surface area contributed by atoms with Gasteiger partial charge < -0.3 is 24.9 Å². The SMILES string of the molecule is CP(C)(=O)C1C=CC(NC2=NC(C3CCCC3)Nc3c2ncn3CCc2cccc(O)c2)=CC1. The molecule has 3 aliphatic rings. The summed E-state index contributed by atoms with van der Waals surface area (Å²) in [5.41, 5.74) is 3.01. The summed E-state index contributed by atoms with van der Waals surface area (Å²) >= 11 is 0. The van der Waals surface area contributed by atoms with Crippen molar-refractivity contribution in [1.82, 2.24) is 14.9 Å². The van der Waals surface area contributed by atoms with Crippen LogP contribution in [0.4, 0.5) is 5.82 Å². The average molecular weight is 480 g/mol. The number of hydrogen-bond donors (Lipinski definition) is 3. The largest absolute Gasteiger partial charge is 0.508 e. The van der Waals surface area contributed by atoms with Gasteiger partial charge in [-0.25, -0.2) is 9.98 Å². The van der Waals surface area contributed by atoms with Gasteiger partial charge in [0.15, 0.2) is 5.84 Å². The fourth-order valence-electron chi connectivity index (χ4n) is 5.10. The van der Waals surface area contributed by atoms with E-state index in [-0.39, 0.29) is 11.8 Å². The molecule has 34 heavy (non-hydrogen) atoms. The highest BCUT2D eigenvalue weighted by Gasteiger charge is 2.32. The summed E-state index contributed by atoms with van der Waals surface area (Å²) in [6.45, 7) is 4.47. The Bertz CT molecular complexity index is 1190. The van der Waals surface area contributed by atoms with Crippen molar-refractivity contribution in [2.24, 2.45) is 10.9 Å². The normalized spacial score (nSPS) is 22.6. The number of aryl methyl sites for hydroxylation is 2. The molecule has 2 heterocycles. The van der Waals surface area contributed by atoms with Crippen molar-refractivity contribution in [3.8, 4) is 5.75 Å². The summed E-state index contributed by atoms with van der Waals surface area (Å²) < 4.78 is 14.6. The van der Waals surface area contributed by atoms with Gasteiger partial charge in [-0.15, -0.1) is 0 Å². The Balaban J connectivity index is 1.37. The van der Waals surface area contributed by atoms with E-state index in [9.17, 15) is 9.67 Å². The summed E-state index contributed by atoms with van der Waals surface area (Å²) in [6, 6.07) is 7.42. The van der Waals surface area contributed by atoms with Crippen LogP contribution >= 0.6 is 7.14 Å². The highest BCUT2D eigenvalue weighted by molar-refractivity contribution is 7.63. The molecule has 3 N–H and O–H groups in total. The monoisotopic (exact) mass is 479 g/mol. The number of aliphatic imine (C=N–C) groups is 1. The minimum absolute atomic E-state index is 0.0288. The van der Waals surface area contributed by atoms with Gasteiger partial charge in [0.2, 0.25) is 0 Å². The summed E-state index contributed by atoms with van der Waals surface area (Å²) in [4.78, 5) is 9.78. The first-order valence-electron chi connectivity index (χ1n) is 12.2. The molecule has 0 radical (unpaired) electrons. The lowest BCUT2D eigenvalue weighted by atomic mass is 10.0. The molecule has 0 bridgehead atoms. The molecule has 2 aliphatic carbocycles. The molecule has 1 aromatic carbocycles. The summed E-state index contributed by atoms with van der Waals surface area (Å²) in [5, 5.41) is 17.0. The van der Waals surface area contributed by atoms with Crippen LogP contribution in [0.1, 0.15) is 43.4 Å². The van der Waals surface area contributed by atoms with E-state index in [2.05, 4.69) is 27.4 Å². The predicted molar refractivity (Wildman–Crippen MR) is 138 cm³/mol. The van der Waals surface area contributed by atoms with E-state index >= 15 is 0 Å². The van der Waals surface area contributed by atoms with Crippen LogP contribution in [-0.2, 0) is 17.5 Å². The maximum Gasteiger partial charge on any atom is 0.157 e. The predicted octanol–water partition coefficient (Wildman–Crippen LogP) is 4.94. The molecule has 0 spiro atoms. The van der Waals surface area contributed by atoms with Gasteiger partial charge in [0.25, 0.3) is 0 Å². The fraction of sp³-hybridized carbons (Fsp3) is 0.462. The Labute approximate surface area is 201 Å². The number of aromatic nitrogens is 2. The minimum atomic E-state index is -2.15. The lowest BCUT2D eigenvalue weighted by Gasteiger charge is -2.29. The lowest BCUT2D eigenvalue weighted by Crippen LogP contribution is -2.37. The van der Waals surface area contributed by atoms with Crippen molar-refractivity contribution in [2.75, 3.05) is 18.6 Å². The Morgan fingerprint density at radius 1 is 1.26 bits per heavy atom. The van der Waals surface area contributed by atoms with Crippen LogP contribution in [0.5, 0.6) is 5.75 Å². The zero-order chi connectivity index (χ0) is 23.7. The van der Waals surface area contributed by atoms with Crippen LogP contribution in [0, 0.1) is 5.92 Å². The molecular formula is C26H34N5O2P. The third-order valence-electron chi connectivity index (χ3n) is 7.15. The van der Waals surface area contributed by atoms with E-state index in [0.29, 0.717) is 11.7 Å². The number of fused-ring (bicyclic) bond motifs is 1. The average Bonchev–Trinajstić information content (AvgIpc) is 3.48. The van der Waals surface area contributed by atoms with Crippen LogP contribution < -0.4 is 10.6 Å². The Hall–Kier alpha value is -2.79. The zero-order valence-corrected chi connectivity index (χ0v) is 20.8. The zero-order valence-electron chi connectivity index (χ0n) is 19.9. The molecule has 2 atom stereocenters. The van der Waals surface area contributed by atoms with E-state index in [0.717, 1.165) is 48.0 Å². The number of nitrogens with one attached hydrogen (secondary N) is 2. The van der Waals surface area contributed by atoms with Crippen LogP contribution in [-0.4, -0.2) is 45.6 Å². The van der Waals surface area contributed by atoms with Gasteiger partial charge in [0, 0.05) is 17.9 Å². The second-order valence-corrected chi connectivity index (χ2v) is 13.6. The van der Waals surface area contributed by atoms with Gasteiger partial charge in [-0.2, -0.15) is 0 Å². The van der Waals surface area contributed by atoms with Crippen molar-refractivity contribution >= 4 is 18.8 Å². The van der Waals surface area contributed by atoms with Crippen molar-refractivity contribution in [3.63, 3.8) is 0 Å². The van der Waals surface area contributed by atoms with Gasteiger partial charge in [0.1, 0.15) is 23.4 Å². The molecular weight excluding hydrogens is 445 g/mol. The highest BCUT2D eigenvalue weighted by atomic mass is 31.2. The number of phenolic OH excluding ortho intramolecular Hbond substituents is 1. The molecule has 180 valence electrons. The van der Waals surface area contributed by atoms with Crippen LogP contribution in [0.3, 0.4) is 0 Å². The number of hydrogen-bond acceptors (Lipinski definition) is 6. The quantitative estimate of drug-likeness (QED) is 0.510. The number of benzene rings is 1. The summed E-state index contributed by atoms with van der Waals surface area (Å²) in [6.07, 6.45) is 14.6. The topological polar surface area (TPSA) is 91.5 Å². The molecule has 0 saturated heterocycles. The first kappa shape index (κ1) is 23.0. The molecule has 1 saturated carbocycles. The van der Waals surface area contributed by atoms with Gasteiger partial charge in [-0.1, -0.05) is 37.1 Å². The summed E-state index contributed by atoms with van der Waals surface area (Å²) in [7, 11) is -2.15. The molecule has 8 heteroatoms. The van der Waals surface area contributed by atoms with Gasteiger partial charge in [-0.05, 0) is 68.7 Å². The van der Waals surface area contributed by atoms with Gasteiger partial charge in [0.05, 0.1) is 13.5 Å². The highest BCUT2D eigenvalue weighted by Crippen LogP contribution is 2.46. The van der Waals surface area contributed by atoms with Crippen LogP contribution in [0.15, 0.2) is 59.5 Å². The number of phenols is 1. The number of rotatable bonds is 6. The number of amidine groups is 1. The second-order valence-electron chi connectivity index (χ2n) is 10.0. The van der Waals surface area contributed by atoms with Crippen LogP contribution in [0.2, 0.25) is 0 Å². The van der Waals surface area contributed by atoms with Gasteiger partial charge in [-0.3, -0.25) is 0 Å². The van der Waals surface area contributed by atoms with E-state index in [1.807, 2.05) is 43.9 Å². The fourth-order valence-corrected chi connectivity index (χ4v) is 6.21. The number of aromatic hydroxyl groups is 1. The van der Waals surface area contributed by atoms with E-state index in [1.54, 1.807) is 6.07 Å². The minimum Gasteiger partial charge on any atom is -0.508 e. The molecule has 7 nitrogen and oxygen atoms in total. The molecule has 1 fully saturated rings. The number of anilines is 1. The maximum absolute atomic E-state index is 12.4. The molecule has 5 rings (SSSR count).